The molecule has 0 amide bonds. The Bertz CT molecular complexity index is 368. The van der Waals surface area contributed by atoms with Crippen LogP contribution in [0.2, 0.25) is 0 Å². The van der Waals surface area contributed by atoms with E-state index in [2.05, 4.69) is 36.9 Å². The van der Waals surface area contributed by atoms with Gasteiger partial charge in [-0.3, -0.25) is 4.68 Å². The third-order valence-electron chi connectivity index (χ3n) is 2.40. The van der Waals surface area contributed by atoms with Crippen LogP contribution in [0.25, 0.3) is 0 Å². The Morgan fingerprint density at radius 1 is 1.53 bits per heavy atom. The third-order valence-corrected chi connectivity index (χ3v) is 2.40. The molecule has 0 aliphatic carbocycles. The first-order valence-corrected chi connectivity index (χ1v) is 5.44. The van der Waals surface area contributed by atoms with Gasteiger partial charge in [0.1, 0.15) is 0 Å². The number of rotatable bonds is 4. The smallest absolute Gasteiger partial charge is 0.0625 e. The fourth-order valence-corrected chi connectivity index (χ4v) is 1.53. The quantitative estimate of drug-likeness (QED) is 0.763. The monoisotopic (exact) mass is 205 g/mol. The summed E-state index contributed by atoms with van der Waals surface area (Å²) in [5.74, 6) is 5.88. The van der Waals surface area contributed by atoms with Gasteiger partial charge in [-0.05, 0) is 26.3 Å². The fraction of sp³-hybridized carbons (Fsp3) is 0.583. The van der Waals surface area contributed by atoms with Crippen LogP contribution in [0.4, 0.5) is 0 Å². The largest absolute Gasteiger partial charge is 0.322 e. The number of aromatic nitrogens is 2. The van der Waals surface area contributed by atoms with Gasteiger partial charge in [-0.1, -0.05) is 6.92 Å². The maximum Gasteiger partial charge on any atom is 0.0625 e. The van der Waals surface area contributed by atoms with Crippen molar-refractivity contribution in [3.8, 4) is 11.8 Å². The summed E-state index contributed by atoms with van der Waals surface area (Å²) in [4.78, 5) is 0. The van der Waals surface area contributed by atoms with Gasteiger partial charge < -0.3 is 5.73 Å². The summed E-state index contributed by atoms with van der Waals surface area (Å²) >= 11 is 0. The van der Waals surface area contributed by atoms with E-state index < -0.39 is 0 Å². The first-order chi connectivity index (χ1) is 7.22. The van der Waals surface area contributed by atoms with Gasteiger partial charge in [0.15, 0.2) is 0 Å². The molecule has 82 valence electrons. The molecule has 2 N–H and O–H groups in total. The van der Waals surface area contributed by atoms with E-state index in [0.29, 0.717) is 6.42 Å². The van der Waals surface area contributed by atoms with Crippen molar-refractivity contribution >= 4 is 0 Å². The van der Waals surface area contributed by atoms with Crippen molar-refractivity contribution in [2.75, 3.05) is 0 Å². The van der Waals surface area contributed by atoms with Crippen LogP contribution in [0.5, 0.6) is 0 Å². The lowest BCUT2D eigenvalue weighted by Crippen LogP contribution is -2.15. The highest BCUT2D eigenvalue weighted by Crippen LogP contribution is 2.15. The summed E-state index contributed by atoms with van der Waals surface area (Å²) in [7, 11) is 0. The number of hydrogen-bond acceptors (Lipinski definition) is 2. The molecule has 0 saturated heterocycles. The van der Waals surface area contributed by atoms with Gasteiger partial charge in [0.25, 0.3) is 0 Å². The van der Waals surface area contributed by atoms with E-state index >= 15 is 0 Å². The second kappa shape index (κ2) is 5.57. The fourth-order valence-electron chi connectivity index (χ4n) is 1.53. The van der Waals surface area contributed by atoms with Crippen molar-refractivity contribution in [2.24, 2.45) is 5.73 Å². The lowest BCUT2D eigenvalue weighted by molar-refractivity contribution is 0.572. The highest BCUT2D eigenvalue weighted by atomic mass is 15.3. The zero-order chi connectivity index (χ0) is 11.3. The van der Waals surface area contributed by atoms with Gasteiger partial charge >= 0.3 is 0 Å². The van der Waals surface area contributed by atoms with E-state index in [-0.39, 0.29) is 6.04 Å². The molecular formula is C12H19N3. The molecule has 0 fully saturated rings. The molecular weight excluding hydrogens is 186 g/mol. The minimum atomic E-state index is -0.0230. The Morgan fingerprint density at radius 2 is 2.27 bits per heavy atom. The topological polar surface area (TPSA) is 43.8 Å². The second-order valence-electron chi connectivity index (χ2n) is 3.47. The van der Waals surface area contributed by atoms with E-state index in [1.54, 1.807) is 0 Å². The molecule has 0 aromatic carbocycles. The Morgan fingerprint density at radius 3 is 2.80 bits per heavy atom. The number of nitrogens with zero attached hydrogens (tertiary/aromatic N) is 2. The van der Waals surface area contributed by atoms with Crippen LogP contribution in [0.1, 0.15) is 44.6 Å². The van der Waals surface area contributed by atoms with E-state index in [4.69, 9.17) is 5.73 Å². The molecule has 3 nitrogen and oxygen atoms in total. The number of hydrogen-bond donors (Lipinski definition) is 1. The van der Waals surface area contributed by atoms with Gasteiger partial charge in [0.2, 0.25) is 0 Å². The molecule has 1 aromatic rings. The van der Waals surface area contributed by atoms with Crippen LogP contribution in [0, 0.1) is 11.8 Å². The van der Waals surface area contributed by atoms with Crippen molar-refractivity contribution < 1.29 is 0 Å². The SMILES string of the molecule is CC#CCC(N)c1cc(CC)nn1CC. The molecule has 0 aliphatic heterocycles. The summed E-state index contributed by atoms with van der Waals surface area (Å²) < 4.78 is 1.97. The van der Waals surface area contributed by atoms with Crippen LogP contribution < -0.4 is 5.73 Å². The van der Waals surface area contributed by atoms with Gasteiger partial charge in [-0.2, -0.15) is 5.10 Å². The van der Waals surface area contributed by atoms with Crippen LogP contribution in [-0.4, -0.2) is 9.78 Å². The third kappa shape index (κ3) is 2.84. The lowest BCUT2D eigenvalue weighted by Gasteiger charge is -2.09. The molecule has 1 atom stereocenters. The molecule has 0 bridgehead atoms. The molecule has 1 aromatic heterocycles. The Kier molecular flexibility index (Phi) is 4.38. The Labute approximate surface area is 91.7 Å². The van der Waals surface area contributed by atoms with Gasteiger partial charge in [-0.25, -0.2) is 0 Å². The predicted molar refractivity (Wildman–Crippen MR) is 62.3 cm³/mol. The molecule has 0 aliphatic rings. The number of aryl methyl sites for hydroxylation is 2. The molecule has 1 heterocycles. The average molecular weight is 205 g/mol. The lowest BCUT2D eigenvalue weighted by atomic mass is 10.1. The zero-order valence-electron chi connectivity index (χ0n) is 9.75. The molecule has 0 saturated carbocycles. The van der Waals surface area contributed by atoms with Crippen molar-refractivity contribution in [3.05, 3.63) is 17.5 Å². The number of nitrogens with two attached hydrogens (primary N) is 1. The normalized spacial score (nSPS) is 12.0. The molecule has 1 unspecified atom stereocenters. The first kappa shape index (κ1) is 11.8. The maximum absolute atomic E-state index is 6.06. The van der Waals surface area contributed by atoms with E-state index in [1.165, 1.54) is 0 Å². The van der Waals surface area contributed by atoms with Crippen molar-refractivity contribution in [2.45, 2.75) is 46.2 Å². The van der Waals surface area contributed by atoms with Crippen molar-refractivity contribution in [1.82, 2.24) is 9.78 Å². The van der Waals surface area contributed by atoms with E-state index in [1.807, 2.05) is 11.6 Å². The molecule has 0 radical (unpaired) electrons. The van der Waals surface area contributed by atoms with Crippen molar-refractivity contribution in [1.29, 1.82) is 0 Å². The summed E-state index contributed by atoms with van der Waals surface area (Å²) in [5.41, 5.74) is 8.26. The van der Waals surface area contributed by atoms with E-state index in [0.717, 1.165) is 24.4 Å². The second-order valence-corrected chi connectivity index (χ2v) is 3.47. The van der Waals surface area contributed by atoms with E-state index in [9.17, 15) is 0 Å². The van der Waals surface area contributed by atoms with Gasteiger partial charge in [-0.15, -0.1) is 11.8 Å². The average Bonchev–Trinajstić information content (AvgIpc) is 2.69. The predicted octanol–water partition coefficient (Wildman–Crippen LogP) is 1.88. The molecule has 0 spiro atoms. The summed E-state index contributed by atoms with van der Waals surface area (Å²) in [6.45, 7) is 6.88. The van der Waals surface area contributed by atoms with Crippen LogP contribution >= 0.6 is 0 Å². The summed E-state index contributed by atoms with van der Waals surface area (Å²) in [6.07, 6.45) is 1.65. The summed E-state index contributed by atoms with van der Waals surface area (Å²) in [5, 5.41) is 4.46. The Balaban J connectivity index is 2.88. The zero-order valence-corrected chi connectivity index (χ0v) is 9.75. The standard InChI is InChI=1S/C12H19N3/c1-4-7-8-11(13)12-9-10(5-2)14-15(12)6-3/h9,11H,5-6,8,13H2,1-3H3. The molecule has 15 heavy (non-hydrogen) atoms. The molecule has 1 rings (SSSR count). The van der Waals surface area contributed by atoms with Gasteiger partial charge in [0.05, 0.1) is 17.4 Å². The van der Waals surface area contributed by atoms with Crippen LogP contribution in [0.15, 0.2) is 6.07 Å². The minimum Gasteiger partial charge on any atom is -0.322 e. The molecule has 3 heteroatoms. The summed E-state index contributed by atoms with van der Waals surface area (Å²) in [6, 6.07) is 2.07. The van der Waals surface area contributed by atoms with Crippen LogP contribution in [0.3, 0.4) is 0 Å². The van der Waals surface area contributed by atoms with Crippen molar-refractivity contribution in [3.63, 3.8) is 0 Å². The highest BCUT2D eigenvalue weighted by Gasteiger charge is 2.12. The van der Waals surface area contributed by atoms with Gasteiger partial charge in [0, 0.05) is 13.0 Å². The van der Waals surface area contributed by atoms with Crippen LogP contribution in [-0.2, 0) is 13.0 Å². The minimum absolute atomic E-state index is 0.0230. The Hall–Kier alpha value is -1.27. The maximum atomic E-state index is 6.06. The highest BCUT2D eigenvalue weighted by molar-refractivity contribution is 5.16. The first-order valence-electron chi connectivity index (χ1n) is 5.44.